The summed E-state index contributed by atoms with van der Waals surface area (Å²) in [5.41, 5.74) is 2.44. The molecule has 2 N–H and O–H groups in total. The molecule has 2 aromatic rings. The lowest BCUT2D eigenvalue weighted by atomic mass is 9.95. The van der Waals surface area contributed by atoms with Crippen molar-refractivity contribution >= 4 is 28.2 Å². The van der Waals surface area contributed by atoms with Crippen LogP contribution in [-0.2, 0) is 10.8 Å². The van der Waals surface area contributed by atoms with Crippen LogP contribution in [0.4, 0.5) is 11.5 Å². The minimum absolute atomic E-state index is 0.172. The van der Waals surface area contributed by atoms with Crippen LogP contribution < -0.4 is 10.6 Å². The third kappa shape index (κ3) is 5.39. The van der Waals surface area contributed by atoms with Gasteiger partial charge < -0.3 is 10.6 Å². The molecular formula is C21H27N3O2S. The smallest absolute Gasteiger partial charge is 0.257 e. The summed E-state index contributed by atoms with van der Waals surface area (Å²) in [6.45, 7) is 3.99. The molecule has 0 radical (unpaired) electrons. The van der Waals surface area contributed by atoms with Gasteiger partial charge in [0.05, 0.1) is 5.56 Å². The second-order valence-electron chi connectivity index (χ2n) is 7.05. The van der Waals surface area contributed by atoms with Crippen LogP contribution in [-0.4, -0.2) is 32.1 Å². The lowest BCUT2D eigenvalue weighted by molar-refractivity contribution is 0.102. The predicted octanol–water partition coefficient (Wildman–Crippen LogP) is 4.13. The zero-order valence-corrected chi connectivity index (χ0v) is 16.7. The molecule has 1 aromatic carbocycles. The van der Waals surface area contributed by atoms with Crippen LogP contribution in [0.25, 0.3) is 0 Å². The number of carbonyl (C=O) groups excluding carboxylic acids is 1. The van der Waals surface area contributed by atoms with Gasteiger partial charge in [-0.1, -0.05) is 31.0 Å². The SMILES string of the molecule is CCS(=O)C1CCCC(Nc2ccc(C(=O)Nc3ccc(C)cc3)cn2)C1. The molecule has 1 saturated carbocycles. The van der Waals surface area contributed by atoms with Crippen LogP contribution in [0.2, 0.25) is 0 Å². The molecule has 0 aliphatic heterocycles. The van der Waals surface area contributed by atoms with E-state index in [0.717, 1.165) is 48.5 Å². The van der Waals surface area contributed by atoms with Crippen molar-refractivity contribution in [3.05, 3.63) is 53.7 Å². The van der Waals surface area contributed by atoms with E-state index in [2.05, 4.69) is 15.6 Å². The van der Waals surface area contributed by atoms with E-state index in [9.17, 15) is 9.00 Å². The van der Waals surface area contributed by atoms with Crippen molar-refractivity contribution in [2.75, 3.05) is 16.4 Å². The molecular weight excluding hydrogens is 358 g/mol. The second-order valence-corrected chi connectivity index (χ2v) is 9.06. The highest BCUT2D eigenvalue weighted by Gasteiger charge is 2.25. The normalized spacial score (nSPS) is 20.7. The Kier molecular flexibility index (Phi) is 6.61. The summed E-state index contributed by atoms with van der Waals surface area (Å²) in [4.78, 5) is 16.7. The predicted molar refractivity (Wildman–Crippen MR) is 112 cm³/mol. The van der Waals surface area contributed by atoms with Crippen LogP contribution >= 0.6 is 0 Å². The van der Waals surface area contributed by atoms with E-state index in [0.29, 0.717) is 11.6 Å². The van der Waals surface area contributed by atoms with E-state index in [1.807, 2.05) is 44.2 Å². The Hall–Kier alpha value is -2.21. The van der Waals surface area contributed by atoms with Crippen molar-refractivity contribution in [1.29, 1.82) is 0 Å². The topological polar surface area (TPSA) is 71.1 Å². The first-order valence-electron chi connectivity index (χ1n) is 9.53. The quantitative estimate of drug-likeness (QED) is 0.784. The number of rotatable bonds is 6. The van der Waals surface area contributed by atoms with Crippen molar-refractivity contribution in [2.24, 2.45) is 0 Å². The summed E-state index contributed by atoms with van der Waals surface area (Å²) in [5.74, 6) is 1.31. The second kappa shape index (κ2) is 9.13. The number of carbonyl (C=O) groups is 1. The average Bonchev–Trinajstić information content (AvgIpc) is 2.70. The lowest BCUT2D eigenvalue weighted by Gasteiger charge is -2.29. The van der Waals surface area contributed by atoms with Gasteiger partial charge in [0.1, 0.15) is 5.82 Å². The van der Waals surface area contributed by atoms with E-state index in [1.54, 1.807) is 12.3 Å². The highest BCUT2D eigenvalue weighted by Crippen LogP contribution is 2.25. The van der Waals surface area contributed by atoms with E-state index >= 15 is 0 Å². The Morgan fingerprint density at radius 3 is 2.63 bits per heavy atom. The third-order valence-electron chi connectivity index (χ3n) is 4.97. The highest BCUT2D eigenvalue weighted by atomic mass is 32.2. The molecule has 3 atom stereocenters. The van der Waals surface area contributed by atoms with E-state index in [4.69, 9.17) is 0 Å². The number of aryl methyl sites for hydroxylation is 1. The van der Waals surface area contributed by atoms with Crippen molar-refractivity contribution in [3.8, 4) is 0 Å². The first-order valence-corrected chi connectivity index (χ1v) is 10.9. The summed E-state index contributed by atoms with van der Waals surface area (Å²) < 4.78 is 12.1. The number of nitrogens with one attached hydrogen (secondary N) is 2. The van der Waals surface area contributed by atoms with Gasteiger partial charge in [0.2, 0.25) is 0 Å². The van der Waals surface area contributed by atoms with E-state index in [-0.39, 0.29) is 11.2 Å². The molecule has 1 aliphatic carbocycles. The molecule has 3 rings (SSSR count). The zero-order chi connectivity index (χ0) is 19.2. The third-order valence-corrected chi connectivity index (χ3v) is 6.71. The summed E-state index contributed by atoms with van der Waals surface area (Å²) in [6.07, 6.45) is 5.71. The zero-order valence-electron chi connectivity index (χ0n) is 15.9. The van der Waals surface area contributed by atoms with E-state index < -0.39 is 10.8 Å². The van der Waals surface area contributed by atoms with Gasteiger partial charge in [0, 0.05) is 39.7 Å². The molecule has 0 bridgehead atoms. The maximum Gasteiger partial charge on any atom is 0.257 e. The fraction of sp³-hybridized carbons (Fsp3) is 0.429. The number of hydrogen-bond acceptors (Lipinski definition) is 4. The Morgan fingerprint density at radius 1 is 1.19 bits per heavy atom. The van der Waals surface area contributed by atoms with Gasteiger partial charge in [0.25, 0.3) is 5.91 Å². The minimum atomic E-state index is -0.736. The highest BCUT2D eigenvalue weighted by molar-refractivity contribution is 7.85. The van der Waals surface area contributed by atoms with Crippen molar-refractivity contribution < 1.29 is 9.00 Å². The fourth-order valence-electron chi connectivity index (χ4n) is 3.41. The number of amides is 1. The van der Waals surface area contributed by atoms with Gasteiger partial charge >= 0.3 is 0 Å². The largest absolute Gasteiger partial charge is 0.367 e. The molecule has 5 nitrogen and oxygen atoms in total. The van der Waals surface area contributed by atoms with Gasteiger partial charge in [-0.05, 0) is 50.5 Å². The Morgan fingerprint density at radius 2 is 1.96 bits per heavy atom. The van der Waals surface area contributed by atoms with Gasteiger partial charge in [-0.3, -0.25) is 9.00 Å². The van der Waals surface area contributed by atoms with Gasteiger partial charge in [0.15, 0.2) is 0 Å². The standard InChI is InChI=1S/C21H27N3O2S/c1-3-27(26)19-6-4-5-18(13-19)23-20-12-9-16(14-22-20)21(25)24-17-10-7-15(2)8-11-17/h7-12,14,18-19H,3-6,13H2,1-2H3,(H,22,23)(H,24,25). The molecule has 0 spiro atoms. The minimum Gasteiger partial charge on any atom is -0.367 e. The van der Waals surface area contributed by atoms with Crippen molar-refractivity contribution in [3.63, 3.8) is 0 Å². The molecule has 3 unspecified atom stereocenters. The Balaban J connectivity index is 1.57. The fourth-order valence-corrected chi connectivity index (χ4v) is 4.76. The molecule has 1 amide bonds. The number of anilines is 2. The van der Waals surface area contributed by atoms with Gasteiger partial charge in [-0.15, -0.1) is 0 Å². The number of pyridine rings is 1. The summed E-state index contributed by atoms with van der Waals surface area (Å²) in [7, 11) is -0.736. The first-order chi connectivity index (χ1) is 13.0. The Labute approximate surface area is 163 Å². The van der Waals surface area contributed by atoms with Crippen LogP contribution in [0.3, 0.4) is 0 Å². The van der Waals surface area contributed by atoms with Gasteiger partial charge in [-0.25, -0.2) is 4.98 Å². The van der Waals surface area contributed by atoms with Gasteiger partial charge in [-0.2, -0.15) is 0 Å². The molecule has 27 heavy (non-hydrogen) atoms. The van der Waals surface area contributed by atoms with Crippen molar-refractivity contribution in [2.45, 2.75) is 50.8 Å². The average molecular weight is 386 g/mol. The molecule has 0 saturated heterocycles. The Bertz CT molecular complexity index is 790. The molecule has 1 fully saturated rings. The van der Waals surface area contributed by atoms with Crippen molar-refractivity contribution in [1.82, 2.24) is 4.98 Å². The van der Waals surface area contributed by atoms with Crippen LogP contribution in [0, 0.1) is 6.92 Å². The molecule has 6 heteroatoms. The molecule has 1 heterocycles. The molecule has 1 aliphatic rings. The maximum absolute atomic E-state index is 12.3. The summed E-state index contributed by atoms with van der Waals surface area (Å²) in [5, 5.41) is 6.59. The number of benzene rings is 1. The van der Waals surface area contributed by atoms with Crippen LogP contribution in [0.1, 0.15) is 48.5 Å². The number of aromatic nitrogens is 1. The summed E-state index contributed by atoms with van der Waals surface area (Å²) >= 11 is 0. The monoisotopic (exact) mass is 385 g/mol. The van der Waals surface area contributed by atoms with Crippen LogP contribution in [0.15, 0.2) is 42.6 Å². The number of hydrogen-bond donors (Lipinski definition) is 2. The van der Waals surface area contributed by atoms with Crippen LogP contribution in [0.5, 0.6) is 0 Å². The number of nitrogens with zero attached hydrogens (tertiary/aromatic N) is 1. The molecule has 1 aromatic heterocycles. The maximum atomic E-state index is 12.3. The first kappa shape index (κ1) is 19.5. The van der Waals surface area contributed by atoms with E-state index in [1.165, 1.54) is 0 Å². The lowest BCUT2D eigenvalue weighted by Crippen LogP contribution is -2.33. The molecule has 144 valence electrons. The summed E-state index contributed by atoms with van der Waals surface area (Å²) in [6, 6.07) is 11.6.